The lowest BCUT2D eigenvalue weighted by atomic mass is 10.1. The minimum atomic E-state index is -0.590. The molecule has 2 aromatic rings. The maximum atomic E-state index is 14.0. The minimum absolute atomic E-state index is 0.0289. The van der Waals surface area contributed by atoms with Crippen LogP contribution in [0.3, 0.4) is 0 Å². The van der Waals surface area contributed by atoms with Crippen molar-refractivity contribution in [2.45, 2.75) is 13.5 Å². The van der Waals surface area contributed by atoms with Crippen molar-refractivity contribution >= 4 is 5.84 Å². The maximum absolute atomic E-state index is 14.0. The summed E-state index contributed by atoms with van der Waals surface area (Å²) in [5, 5.41) is 7.27. The number of benzene rings is 2. The molecule has 3 nitrogen and oxygen atoms in total. The predicted molar refractivity (Wildman–Crippen MR) is 72.9 cm³/mol. The van der Waals surface area contributed by atoms with E-state index in [1.807, 2.05) is 0 Å². The molecule has 5 heteroatoms. The van der Waals surface area contributed by atoms with E-state index in [0.29, 0.717) is 11.3 Å². The molecule has 0 unspecified atom stereocenters. The zero-order chi connectivity index (χ0) is 14.7. The van der Waals surface area contributed by atoms with E-state index in [9.17, 15) is 8.78 Å². The van der Waals surface area contributed by atoms with Gasteiger partial charge in [-0.05, 0) is 24.6 Å². The van der Waals surface area contributed by atoms with Gasteiger partial charge in [-0.1, -0.05) is 18.2 Å². The first kappa shape index (κ1) is 14.0. The number of rotatable bonds is 4. The van der Waals surface area contributed by atoms with Crippen LogP contribution in [0.1, 0.15) is 16.7 Å². The van der Waals surface area contributed by atoms with Gasteiger partial charge in [0.25, 0.3) is 0 Å². The van der Waals surface area contributed by atoms with Gasteiger partial charge in [-0.25, -0.2) is 8.78 Å². The molecule has 0 saturated heterocycles. The summed E-state index contributed by atoms with van der Waals surface area (Å²) in [5.74, 6) is -0.987. The van der Waals surface area contributed by atoms with Gasteiger partial charge in [0.2, 0.25) is 0 Å². The first-order valence-electron chi connectivity index (χ1n) is 6.00. The summed E-state index contributed by atoms with van der Waals surface area (Å²) >= 11 is 0. The normalized spacial score (nSPS) is 10.3. The highest BCUT2D eigenvalue weighted by molar-refractivity contribution is 5.95. The average Bonchev–Trinajstić information content (AvgIpc) is 2.41. The molecular formula is C15H14F2N2O. The lowest BCUT2D eigenvalue weighted by Crippen LogP contribution is -2.14. The summed E-state index contributed by atoms with van der Waals surface area (Å²) in [6, 6.07) is 9.01. The summed E-state index contributed by atoms with van der Waals surface area (Å²) in [4.78, 5) is 0. The summed E-state index contributed by atoms with van der Waals surface area (Å²) < 4.78 is 32.7. The minimum Gasteiger partial charge on any atom is -0.489 e. The van der Waals surface area contributed by atoms with Crippen molar-refractivity contribution in [2.24, 2.45) is 5.73 Å². The Morgan fingerprint density at radius 1 is 1.25 bits per heavy atom. The molecule has 0 spiro atoms. The fourth-order valence-electron chi connectivity index (χ4n) is 1.72. The number of ether oxygens (including phenoxy) is 1. The molecule has 0 aliphatic carbocycles. The van der Waals surface area contributed by atoms with E-state index in [2.05, 4.69) is 0 Å². The number of nitrogen functional groups attached to an aromatic ring is 1. The molecule has 0 bridgehead atoms. The average molecular weight is 276 g/mol. The SMILES string of the molecule is Cc1ccc(OCc2cccc(C(=N)N)c2F)cc1F. The van der Waals surface area contributed by atoms with Gasteiger partial charge in [0.05, 0.1) is 5.56 Å². The highest BCUT2D eigenvalue weighted by atomic mass is 19.1. The van der Waals surface area contributed by atoms with Crippen LogP contribution in [0.4, 0.5) is 8.78 Å². The van der Waals surface area contributed by atoms with E-state index in [1.54, 1.807) is 25.1 Å². The molecule has 0 atom stereocenters. The van der Waals surface area contributed by atoms with Crippen LogP contribution in [-0.4, -0.2) is 5.84 Å². The van der Waals surface area contributed by atoms with E-state index in [-0.39, 0.29) is 29.4 Å². The fourth-order valence-corrected chi connectivity index (χ4v) is 1.72. The van der Waals surface area contributed by atoms with Crippen LogP contribution in [0.15, 0.2) is 36.4 Å². The molecule has 0 aliphatic heterocycles. The molecule has 0 fully saturated rings. The zero-order valence-electron chi connectivity index (χ0n) is 10.9. The molecule has 0 aliphatic rings. The number of hydrogen-bond donors (Lipinski definition) is 2. The molecule has 0 heterocycles. The van der Waals surface area contributed by atoms with E-state index < -0.39 is 5.82 Å². The van der Waals surface area contributed by atoms with Gasteiger partial charge in [-0.3, -0.25) is 5.41 Å². The van der Waals surface area contributed by atoms with Crippen LogP contribution in [0.25, 0.3) is 0 Å². The van der Waals surface area contributed by atoms with E-state index in [1.165, 1.54) is 18.2 Å². The lowest BCUT2D eigenvalue weighted by molar-refractivity contribution is 0.298. The predicted octanol–water partition coefficient (Wildman–Crippen LogP) is 3.14. The van der Waals surface area contributed by atoms with Crippen LogP contribution in [0.2, 0.25) is 0 Å². The number of nitrogens with two attached hydrogens (primary N) is 1. The van der Waals surface area contributed by atoms with Gasteiger partial charge in [0.15, 0.2) is 0 Å². The molecule has 0 aromatic heterocycles. The van der Waals surface area contributed by atoms with Gasteiger partial charge >= 0.3 is 0 Å². The molecule has 0 amide bonds. The second kappa shape index (κ2) is 5.69. The Morgan fingerprint density at radius 3 is 2.65 bits per heavy atom. The van der Waals surface area contributed by atoms with Crippen LogP contribution < -0.4 is 10.5 Å². The van der Waals surface area contributed by atoms with E-state index in [0.717, 1.165) is 0 Å². The van der Waals surface area contributed by atoms with Crippen molar-refractivity contribution in [2.75, 3.05) is 0 Å². The van der Waals surface area contributed by atoms with E-state index >= 15 is 0 Å². The Balaban J connectivity index is 2.17. The summed E-state index contributed by atoms with van der Waals surface area (Å²) in [5.41, 5.74) is 6.09. The Labute approximate surface area is 115 Å². The zero-order valence-corrected chi connectivity index (χ0v) is 10.9. The Bertz CT molecular complexity index is 656. The molecule has 104 valence electrons. The van der Waals surface area contributed by atoms with Gasteiger partial charge in [-0.2, -0.15) is 0 Å². The molecule has 3 N–H and O–H groups in total. The van der Waals surface area contributed by atoms with Crippen molar-refractivity contribution in [3.05, 3.63) is 64.7 Å². The van der Waals surface area contributed by atoms with Gasteiger partial charge in [0, 0.05) is 11.6 Å². The highest BCUT2D eigenvalue weighted by Gasteiger charge is 2.10. The fraction of sp³-hybridized carbons (Fsp3) is 0.133. The molecule has 2 aromatic carbocycles. The monoisotopic (exact) mass is 276 g/mol. The third-order valence-electron chi connectivity index (χ3n) is 2.91. The summed E-state index contributed by atoms with van der Waals surface area (Å²) in [7, 11) is 0. The molecular weight excluding hydrogens is 262 g/mol. The standard InChI is InChI=1S/C15H14F2N2O/c1-9-5-6-11(7-13(9)16)20-8-10-3-2-4-12(14(10)17)15(18)19/h2-7H,8H2,1H3,(H3,18,19). The van der Waals surface area contributed by atoms with Crippen LogP contribution >= 0.6 is 0 Å². The third-order valence-corrected chi connectivity index (χ3v) is 2.91. The number of halogens is 2. The summed E-state index contributed by atoms with van der Waals surface area (Å²) in [6.45, 7) is 1.59. The van der Waals surface area contributed by atoms with Crippen molar-refractivity contribution in [3.63, 3.8) is 0 Å². The summed E-state index contributed by atoms with van der Waals surface area (Å²) in [6.07, 6.45) is 0. The smallest absolute Gasteiger partial charge is 0.140 e. The second-order valence-electron chi connectivity index (χ2n) is 4.39. The molecule has 2 rings (SSSR count). The number of nitrogens with one attached hydrogen (secondary N) is 1. The molecule has 0 saturated carbocycles. The number of aryl methyl sites for hydroxylation is 1. The van der Waals surface area contributed by atoms with Gasteiger partial charge in [-0.15, -0.1) is 0 Å². The second-order valence-corrected chi connectivity index (χ2v) is 4.39. The lowest BCUT2D eigenvalue weighted by Gasteiger charge is -2.10. The maximum Gasteiger partial charge on any atom is 0.140 e. The quantitative estimate of drug-likeness (QED) is 0.665. The first-order valence-corrected chi connectivity index (χ1v) is 6.00. The van der Waals surface area contributed by atoms with E-state index in [4.69, 9.17) is 15.9 Å². The first-order chi connectivity index (χ1) is 9.49. The van der Waals surface area contributed by atoms with Crippen LogP contribution in [-0.2, 0) is 6.61 Å². The third kappa shape index (κ3) is 2.93. The van der Waals surface area contributed by atoms with Crippen LogP contribution in [0.5, 0.6) is 5.75 Å². The Morgan fingerprint density at radius 2 is 2.00 bits per heavy atom. The Hall–Kier alpha value is -2.43. The van der Waals surface area contributed by atoms with Crippen molar-refractivity contribution in [1.82, 2.24) is 0 Å². The number of hydrogen-bond acceptors (Lipinski definition) is 2. The Kier molecular flexibility index (Phi) is 3.98. The van der Waals surface area contributed by atoms with Crippen molar-refractivity contribution in [1.29, 1.82) is 5.41 Å². The van der Waals surface area contributed by atoms with Gasteiger partial charge < -0.3 is 10.5 Å². The van der Waals surface area contributed by atoms with Gasteiger partial charge in [0.1, 0.15) is 29.8 Å². The number of amidine groups is 1. The van der Waals surface area contributed by atoms with Crippen molar-refractivity contribution in [3.8, 4) is 5.75 Å². The highest BCUT2D eigenvalue weighted by Crippen LogP contribution is 2.19. The molecule has 0 radical (unpaired) electrons. The topological polar surface area (TPSA) is 59.1 Å². The molecule has 20 heavy (non-hydrogen) atoms. The largest absolute Gasteiger partial charge is 0.489 e. The van der Waals surface area contributed by atoms with Crippen LogP contribution in [0, 0.1) is 24.0 Å². The van der Waals surface area contributed by atoms with Crippen molar-refractivity contribution < 1.29 is 13.5 Å².